The van der Waals surface area contributed by atoms with Crippen LogP contribution in [0.4, 0.5) is 23.7 Å². The first-order valence-electron chi connectivity index (χ1n) is 6.12. The molecule has 116 valence electrons. The molecule has 1 atom stereocenters. The topological polar surface area (TPSA) is 78.4 Å². The number of carboxylic acids is 1. The van der Waals surface area contributed by atoms with E-state index >= 15 is 0 Å². The van der Waals surface area contributed by atoms with Crippen LogP contribution in [0.2, 0.25) is 0 Å². The fourth-order valence-electron chi connectivity index (χ4n) is 1.59. The molecular formula is C13H15F3N2O3. The highest BCUT2D eigenvalue weighted by atomic mass is 19.4. The molecule has 21 heavy (non-hydrogen) atoms. The van der Waals surface area contributed by atoms with Crippen molar-refractivity contribution < 1.29 is 27.9 Å². The van der Waals surface area contributed by atoms with E-state index in [1.54, 1.807) is 6.92 Å². The maximum Gasteiger partial charge on any atom is 0.416 e. The number of nitrogens with one attached hydrogen (secondary N) is 2. The van der Waals surface area contributed by atoms with Gasteiger partial charge in [0, 0.05) is 18.7 Å². The second-order valence-corrected chi connectivity index (χ2v) is 4.62. The Morgan fingerprint density at radius 1 is 1.33 bits per heavy atom. The number of carbonyl (C=O) groups excluding carboxylic acids is 1. The smallest absolute Gasteiger partial charge is 0.416 e. The fourth-order valence-corrected chi connectivity index (χ4v) is 1.59. The lowest BCUT2D eigenvalue weighted by Crippen LogP contribution is -2.33. The Balaban J connectivity index is 2.54. The van der Waals surface area contributed by atoms with Gasteiger partial charge in [-0.2, -0.15) is 13.2 Å². The largest absolute Gasteiger partial charge is 0.481 e. The van der Waals surface area contributed by atoms with E-state index in [1.807, 2.05) is 0 Å². The maximum absolute atomic E-state index is 12.5. The van der Waals surface area contributed by atoms with E-state index in [9.17, 15) is 22.8 Å². The minimum Gasteiger partial charge on any atom is -0.481 e. The molecule has 1 aromatic rings. The lowest BCUT2D eigenvalue weighted by atomic mass is 10.1. The third-order valence-electron chi connectivity index (χ3n) is 2.58. The lowest BCUT2D eigenvalue weighted by Gasteiger charge is -2.12. The van der Waals surface area contributed by atoms with Crippen LogP contribution >= 0.6 is 0 Å². The molecule has 0 spiro atoms. The molecule has 1 aromatic carbocycles. The number of urea groups is 1. The van der Waals surface area contributed by atoms with E-state index in [2.05, 4.69) is 10.6 Å². The summed E-state index contributed by atoms with van der Waals surface area (Å²) >= 11 is 0. The number of hydrogen-bond donors (Lipinski definition) is 3. The van der Waals surface area contributed by atoms with Crippen molar-refractivity contribution in [3.63, 3.8) is 0 Å². The highest BCUT2D eigenvalue weighted by Crippen LogP contribution is 2.30. The van der Waals surface area contributed by atoms with Crippen molar-refractivity contribution in [1.29, 1.82) is 0 Å². The number of aliphatic carboxylic acids is 1. The van der Waals surface area contributed by atoms with Crippen molar-refractivity contribution >= 4 is 17.7 Å². The molecular weight excluding hydrogens is 289 g/mol. The van der Waals surface area contributed by atoms with Gasteiger partial charge in [0.2, 0.25) is 0 Å². The van der Waals surface area contributed by atoms with Crippen molar-refractivity contribution in [3.8, 4) is 0 Å². The van der Waals surface area contributed by atoms with Gasteiger partial charge in [0.25, 0.3) is 0 Å². The maximum atomic E-state index is 12.5. The number of anilines is 1. The standard InChI is InChI=1S/C13H15F3N2O3/c1-8(5-11(19)20)7-17-12(21)18-10-4-2-3-9(6-10)13(14,15)16/h2-4,6,8H,5,7H2,1H3,(H,19,20)(H2,17,18,21). The second-order valence-electron chi connectivity index (χ2n) is 4.62. The van der Waals surface area contributed by atoms with Crippen LogP contribution in [0.5, 0.6) is 0 Å². The molecule has 0 fully saturated rings. The van der Waals surface area contributed by atoms with E-state index < -0.39 is 23.7 Å². The van der Waals surface area contributed by atoms with E-state index in [-0.39, 0.29) is 24.6 Å². The predicted octanol–water partition coefficient (Wildman–Crippen LogP) is 2.94. The van der Waals surface area contributed by atoms with Gasteiger partial charge in [-0.3, -0.25) is 4.79 Å². The van der Waals surface area contributed by atoms with Gasteiger partial charge in [0.15, 0.2) is 0 Å². The average Bonchev–Trinajstić information content (AvgIpc) is 2.35. The molecule has 0 saturated heterocycles. The first-order valence-corrected chi connectivity index (χ1v) is 6.12. The minimum atomic E-state index is -4.48. The Morgan fingerprint density at radius 2 is 2.00 bits per heavy atom. The van der Waals surface area contributed by atoms with Gasteiger partial charge in [-0.1, -0.05) is 13.0 Å². The van der Waals surface area contributed by atoms with Gasteiger partial charge in [-0.05, 0) is 24.1 Å². The zero-order valence-corrected chi connectivity index (χ0v) is 11.2. The van der Waals surface area contributed by atoms with Crippen LogP contribution in [0.3, 0.4) is 0 Å². The number of carbonyl (C=O) groups is 2. The summed E-state index contributed by atoms with van der Waals surface area (Å²) in [6.07, 6.45) is -4.59. The molecule has 3 N–H and O–H groups in total. The average molecular weight is 304 g/mol. The summed E-state index contributed by atoms with van der Waals surface area (Å²) in [7, 11) is 0. The van der Waals surface area contributed by atoms with E-state index in [4.69, 9.17) is 5.11 Å². The van der Waals surface area contributed by atoms with Crippen molar-refractivity contribution in [2.75, 3.05) is 11.9 Å². The Hall–Kier alpha value is -2.25. The first-order chi connectivity index (χ1) is 9.68. The van der Waals surface area contributed by atoms with E-state index in [0.29, 0.717) is 0 Å². The SMILES string of the molecule is CC(CNC(=O)Nc1cccc(C(F)(F)F)c1)CC(=O)O. The zero-order valence-electron chi connectivity index (χ0n) is 11.2. The molecule has 2 amide bonds. The van der Waals surface area contributed by atoms with Gasteiger partial charge >= 0.3 is 18.2 Å². The molecule has 0 aliphatic carbocycles. The molecule has 0 aromatic heterocycles. The summed E-state index contributed by atoms with van der Waals surface area (Å²) in [5.41, 5.74) is -0.854. The molecule has 8 heteroatoms. The van der Waals surface area contributed by atoms with Gasteiger partial charge in [0.05, 0.1) is 5.56 Å². The monoisotopic (exact) mass is 304 g/mol. The van der Waals surface area contributed by atoms with Crippen molar-refractivity contribution in [2.24, 2.45) is 5.92 Å². The normalized spacial score (nSPS) is 12.6. The van der Waals surface area contributed by atoms with Crippen LogP contribution in [-0.2, 0) is 11.0 Å². The van der Waals surface area contributed by atoms with E-state index in [0.717, 1.165) is 12.1 Å². The van der Waals surface area contributed by atoms with Crippen LogP contribution in [0.15, 0.2) is 24.3 Å². The number of amides is 2. The van der Waals surface area contributed by atoms with Crippen LogP contribution in [0.1, 0.15) is 18.9 Å². The third kappa shape index (κ3) is 6.15. The highest BCUT2D eigenvalue weighted by Gasteiger charge is 2.30. The summed E-state index contributed by atoms with van der Waals surface area (Å²) in [5.74, 6) is -1.27. The molecule has 0 saturated carbocycles. The molecule has 1 rings (SSSR count). The summed E-state index contributed by atoms with van der Waals surface area (Å²) < 4.78 is 37.5. The molecule has 1 unspecified atom stereocenters. The van der Waals surface area contributed by atoms with Crippen LogP contribution in [0.25, 0.3) is 0 Å². The highest BCUT2D eigenvalue weighted by molar-refractivity contribution is 5.89. The first kappa shape index (κ1) is 16.8. The molecule has 0 bridgehead atoms. The number of alkyl halides is 3. The quantitative estimate of drug-likeness (QED) is 0.782. The van der Waals surface area contributed by atoms with Crippen molar-refractivity contribution in [1.82, 2.24) is 5.32 Å². The summed E-state index contributed by atoms with van der Waals surface area (Å²) in [6.45, 7) is 1.75. The zero-order chi connectivity index (χ0) is 16.0. The van der Waals surface area contributed by atoms with Crippen molar-refractivity contribution in [2.45, 2.75) is 19.5 Å². The Bertz CT molecular complexity index is 518. The molecule has 0 heterocycles. The Labute approximate surface area is 119 Å². The van der Waals surface area contributed by atoms with Crippen LogP contribution in [0, 0.1) is 5.92 Å². The third-order valence-corrected chi connectivity index (χ3v) is 2.58. The van der Waals surface area contributed by atoms with Gasteiger partial charge in [-0.25, -0.2) is 4.79 Å². The second kappa shape index (κ2) is 6.96. The molecule has 5 nitrogen and oxygen atoms in total. The number of benzene rings is 1. The molecule has 0 radical (unpaired) electrons. The Kier molecular flexibility index (Phi) is 5.57. The van der Waals surface area contributed by atoms with Crippen LogP contribution in [-0.4, -0.2) is 23.7 Å². The van der Waals surface area contributed by atoms with E-state index in [1.165, 1.54) is 12.1 Å². The van der Waals surface area contributed by atoms with Gasteiger partial charge < -0.3 is 15.7 Å². The van der Waals surface area contributed by atoms with Crippen LogP contribution < -0.4 is 10.6 Å². The Morgan fingerprint density at radius 3 is 2.57 bits per heavy atom. The van der Waals surface area contributed by atoms with Crippen molar-refractivity contribution in [3.05, 3.63) is 29.8 Å². The molecule has 0 aliphatic heterocycles. The number of halogens is 3. The summed E-state index contributed by atoms with van der Waals surface area (Å²) in [6, 6.07) is 3.55. The molecule has 0 aliphatic rings. The number of hydrogen-bond acceptors (Lipinski definition) is 2. The summed E-state index contributed by atoms with van der Waals surface area (Å²) in [4.78, 5) is 22.0. The number of rotatable bonds is 5. The summed E-state index contributed by atoms with van der Waals surface area (Å²) in [5, 5.41) is 13.2. The minimum absolute atomic E-state index is 0.00760. The number of carboxylic acid groups (broad SMARTS) is 1. The van der Waals surface area contributed by atoms with Gasteiger partial charge in [-0.15, -0.1) is 0 Å². The predicted molar refractivity (Wildman–Crippen MR) is 69.9 cm³/mol. The fraction of sp³-hybridized carbons (Fsp3) is 0.385. The van der Waals surface area contributed by atoms with Gasteiger partial charge in [0.1, 0.15) is 0 Å². The lowest BCUT2D eigenvalue weighted by molar-refractivity contribution is -0.138.